The number of ether oxygens (including phenoxy) is 1. The molecular weight excluding hydrogens is 262 g/mol. The van der Waals surface area contributed by atoms with E-state index in [1.54, 1.807) is 6.08 Å². The highest BCUT2D eigenvalue weighted by atomic mass is 16.5. The third-order valence-corrected chi connectivity index (χ3v) is 4.03. The van der Waals surface area contributed by atoms with Gasteiger partial charge < -0.3 is 9.64 Å². The van der Waals surface area contributed by atoms with E-state index in [0.717, 1.165) is 32.5 Å². The van der Waals surface area contributed by atoms with Crippen molar-refractivity contribution in [3.63, 3.8) is 0 Å². The fourth-order valence-corrected chi connectivity index (χ4v) is 2.81. The van der Waals surface area contributed by atoms with Crippen molar-refractivity contribution < 1.29 is 9.53 Å². The standard InChI is InChI=1S/C18H25NO2/c1-3-21-18(20)13-17-10-12-19(14-15(17)2)11-9-16-7-5-4-6-8-16/h4-8,13,15H,3,9-12,14H2,1-2H3/b17-13-. The van der Waals surface area contributed by atoms with Crippen molar-refractivity contribution >= 4 is 5.97 Å². The second kappa shape index (κ2) is 7.99. The van der Waals surface area contributed by atoms with Crippen LogP contribution in [-0.2, 0) is 16.0 Å². The summed E-state index contributed by atoms with van der Waals surface area (Å²) in [6.45, 7) is 7.62. The first-order chi connectivity index (χ1) is 10.2. The normalized spacial score (nSPS) is 21.4. The molecule has 1 heterocycles. The lowest BCUT2D eigenvalue weighted by molar-refractivity contribution is -0.137. The molecular formula is C18H25NO2. The summed E-state index contributed by atoms with van der Waals surface area (Å²) in [7, 11) is 0. The predicted octanol–water partition coefficient (Wildman–Crippen LogP) is 3.06. The average molecular weight is 287 g/mol. The molecule has 1 aromatic carbocycles. The molecule has 0 spiro atoms. The first-order valence-corrected chi connectivity index (χ1v) is 7.82. The lowest BCUT2D eigenvalue weighted by atomic mass is 9.92. The summed E-state index contributed by atoms with van der Waals surface area (Å²) >= 11 is 0. The summed E-state index contributed by atoms with van der Waals surface area (Å²) < 4.78 is 5.00. The van der Waals surface area contributed by atoms with Gasteiger partial charge in [-0.15, -0.1) is 0 Å². The number of carbonyl (C=O) groups excluding carboxylic acids is 1. The Bertz CT molecular complexity index is 481. The van der Waals surface area contributed by atoms with Crippen molar-refractivity contribution in [1.82, 2.24) is 4.90 Å². The molecule has 3 heteroatoms. The van der Waals surface area contributed by atoms with Gasteiger partial charge in [-0.25, -0.2) is 4.79 Å². The van der Waals surface area contributed by atoms with Crippen LogP contribution in [0, 0.1) is 5.92 Å². The Morgan fingerprint density at radius 3 is 2.81 bits per heavy atom. The number of carbonyl (C=O) groups is 1. The molecule has 0 aromatic heterocycles. The van der Waals surface area contributed by atoms with Gasteiger partial charge in [-0.1, -0.05) is 42.8 Å². The van der Waals surface area contributed by atoms with Gasteiger partial charge in [0.25, 0.3) is 0 Å². The molecule has 1 atom stereocenters. The fourth-order valence-electron chi connectivity index (χ4n) is 2.81. The van der Waals surface area contributed by atoms with E-state index in [-0.39, 0.29) is 5.97 Å². The molecule has 3 nitrogen and oxygen atoms in total. The van der Waals surface area contributed by atoms with Crippen LogP contribution >= 0.6 is 0 Å². The lowest BCUT2D eigenvalue weighted by Gasteiger charge is -2.33. The van der Waals surface area contributed by atoms with Crippen LogP contribution in [-0.4, -0.2) is 37.1 Å². The van der Waals surface area contributed by atoms with E-state index in [4.69, 9.17) is 4.74 Å². The van der Waals surface area contributed by atoms with Gasteiger partial charge >= 0.3 is 5.97 Å². The Labute approximate surface area is 127 Å². The van der Waals surface area contributed by atoms with Crippen molar-refractivity contribution in [3.8, 4) is 0 Å². The van der Waals surface area contributed by atoms with Gasteiger partial charge in [-0.3, -0.25) is 0 Å². The quantitative estimate of drug-likeness (QED) is 0.616. The van der Waals surface area contributed by atoms with Crippen LogP contribution in [0.3, 0.4) is 0 Å². The Morgan fingerprint density at radius 1 is 1.38 bits per heavy atom. The summed E-state index contributed by atoms with van der Waals surface area (Å²) in [6, 6.07) is 10.6. The Hall–Kier alpha value is -1.61. The van der Waals surface area contributed by atoms with Crippen LogP contribution in [0.4, 0.5) is 0 Å². The van der Waals surface area contributed by atoms with Crippen molar-refractivity contribution in [3.05, 3.63) is 47.5 Å². The van der Waals surface area contributed by atoms with Gasteiger partial charge in [-0.05, 0) is 31.2 Å². The van der Waals surface area contributed by atoms with Crippen LogP contribution in [0.2, 0.25) is 0 Å². The van der Waals surface area contributed by atoms with Crippen LogP contribution in [0.5, 0.6) is 0 Å². The zero-order valence-electron chi connectivity index (χ0n) is 13.0. The molecule has 1 aliphatic rings. The fraction of sp³-hybridized carbons (Fsp3) is 0.500. The third kappa shape index (κ3) is 5.01. The lowest BCUT2D eigenvalue weighted by Crippen LogP contribution is -2.37. The third-order valence-electron chi connectivity index (χ3n) is 4.03. The van der Waals surface area contributed by atoms with Crippen LogP contribution in [0.25, 0.3) is 0 Å². The average Bonchev–Trinajstić information content (AvgIpc) is 2.49. The van der Waals surface area contributed by atoms with E-state index in [0.29, 0.717) is 12.5 Å². The van der Waals surface area contributed by atoms with E-state index in [1.165, 1.54) is 11.1 Å². The molecule has 1 aliphatic heterocycles. The molecule has 0 amide bonds. The van der Waals surface area contributed by atoms with Gasteiger partial charge in [0.1, 0.15) is 0 Å². The van der Waals surface area contributed by atoms with Crippen molar-refractivity contribution in [2.24, 2.45) is 5.92 Å². The van der Waals surface area contributed by atoms with Crippen LogP contribution in [0.1, 0.15) is 25.8 Å². The molecule has 1 fully saturated rings. The number of hydrogen-bond donors (Lipinski definition) is 0. The molecule has 1 unspecified atom stereocenters. The maximum absolute atomic E-state index is 11.5. The van der Waals surface area contributed by atoms with Crippen molar-refractivity contribution in [1.29, 1.82) is 0 Å². The molecule has 2 rings (SSSR count). The molecule has 1 aromatic rings. The molecule has 21 heavy (non-hydrogen) atoms. The molecule has 1 saturated heterocycles. The molecule has 0 aliphatic carbocycles. The van der Waals surface area contributed by atoms with Crippen molar-refractivity contribution in [2.45, 2.75) is 26.7 Å². The molecule has 0 saturated carbocycles. The van der Waals surface area contributed by atoms with E-state index < -0.39 is 0 Å². The number of rotatable bonds is 5. The second-order valence-corrected chi connectivity index (χ2v) is 5.66. The largest absolute Gasteiger partial charge is 0.463 e. The van der Waals surface area contributed by atoms with Gasteiger partial charge in [0.15, 0.2) is 0 Å². The smallest absolute Gasteiger partial charge is 0.330 e. The maximum Gasteiger partial charge on any atom is 0.330 e. The number of esters is 1. The van der Waals surface area contributed by atoms with Gasteiger partial charge in [0, 0.05) is 25.7 Å². The highest BCUT2D eigenvalue weighted by molar-refractivity contribution is 5.82. The molecule has 114 valence electrons. The topological polar surface area (TPSA) is 29.5 Å². The summed E-state index contributed by atoms with van der Waals surface area (Å²) in [5.74, 6) is 0.232. The SMILES string of the molecule is CCOC(=O)/C=C1/CCN(CCc2ccccc2)CC1C. The maximum atomic E-state index is 11.5. The van der Waals surface area contributed by atoms with E-state index in [1.807, 2.05) is 6.92 Å². The van der Waals surface area contributed by atoms with Gasteiger partial charge in [0.2, 0.25) is 0 Å². The molecule has 0 bridgehead atoms. The predicted molar refractivity (Wildman–Crippen MR) is 85.1 cm³/mol. The summed E-state index contributed by atoms with van der Waals surface area (Å²) in [5, 5.41) is 0. The first-order valence-electron chi connectivity index (χ1n) is 7.82. The van der Waals surface area contributed by atoms with E-state index in [9.17, 15) is 4.79 Å². The summed E-state index contributed by atoms with van der Waals surface area (Å²) in [6.07, 6.45) is 3.75. The minimum atomic E-state index is -0.197. The number of hydrogen-bond acceptors (Lipinski definition) is 3. The number of benzene rings is 1. The Kier molecular flexibility index (Phi) is 6.00. The minimum absolute atomic E-state index is 0.197. The van der Waals surface area contributed by atoms with Crippen LogP contribution in [0.15, 0.2) is 42.0 Å². The van der Waals surface area contributed by atoms with Gasteiger partial charge in [0.05, 0.1) is 6.61 Å². The zero-order chi connectivity index (χ0) is 15.1. The monoisotopic (exact) mass is 287 g/mol. The van der Waals surface area contributed by atoms with E-state index in [2.05, 4.69) is 42.2 Å². The summed E-state index contributed by atoms with van der Waals surface area (Å²) in [5.41, 5.74) is 2.61. The zero-order valence-corrected chi connectivity index (χ0v) is 13.0. The van der Waals surface area contributed by atoms with Crippen molar-refractivity contribution in [2.75, 3.05) is 26.2 Å². The number of nitrogens with zero attached hydrogens (tertiary/aromatic N) is 1. The number of likely N-dealkylation sites (tertiary alicyclic amines) is 1. The molecule has 0 radical (unpaired) electrons. The minimum Gasteiger partial charge on any atom is -0.463 e. The highest BCUT2D eigenvalue weighted by Gasteiger charge is 2.21. The van der Waals surface area contributed by atoms with E-state index >= 15 is 0 Å². The van der Waals surface area contributed by atoms with Crippen LogP contribution < -0.4 is 0 Å². The summed E-state index contributed by atoms with van der Waals surface area (Å²) in [4.78, 5) is 14.0. The molecule has 0 N–H and O–H groups in total. The first kappa shape index (κ1) is 15.8. The number of piperidine rings is 1. The Morgan fingerprint density at radius 2 is 2.14 bits per heavy atom. The van der Waals surface area contributed by atoms with Gasteiger partial charge in [-0.2, -0.15) is 0 Å². The Balaban J connectivity index is 1.82. The second-order valence-electron chi connectivity index (χ2n) is 5.66. The highest BCUT2D eigenvalue weighted by Crippen LogP contribution is 2.22.